The highest BCUT2D eigenvalue weighted by atomic mass is 16.7. The van der Waals surface area contributed by atoms with Crippen molar-refractivity contribution in [1.29, 1.82) is 0 Å². The molecule has 2 aromatic heterocycles. The molecule has 0 spiro atoms. The number of nitrogens with one attached hydrogen (secondary N) is 1. The number of pyridine rings is 1. The van der Waals surface area contributed by atoms with Crippen LogP contribution in [-0.2, 0) is 17.8 Å². The fraction of sp³-hybridized carbons (Fsp3) is 0.375. The van der Waals surface area contributed by atoms with Gasteiger partial charge in [0.15, 0.2) is 5.65 Å². The SMILES string of the molecule is CCCc1nc2ccc(NCCC(=O)C3CCCCC3)nc2n1Cc1ccc(-c2ccccc2OC(=O)O)cc1. The Kier molecular flexibility index (Phi) is 8.74. The lowest BCUT2D eigenvalue weighted by Gasteiger charge is -2.20. The molecule has 208 valence electrons. The van der Waals surface area contributed by atoms with Gasteiger partial charge in [-0.25, -0.2) is 14.8 Å². The summed E-state index contributed by atoms with van der Waals surface area (Å²) >= 11 is 0. The summed E-state index contributed by atoms with van der Waals surface area (Å²) in [6.45, 7) is 3.33. The Morgan fingerprint density at radius 3 is 2.52 bits per heavy atom. The third-order valence-electron chi connectivity index (χ3n) is 7.57. The molecular weight excluding hydrogens is 504 g/mol. The number of fused-ring (bicyclic) bond motifs is 1. The second kappa shape index (κ2) is 12.8. The van der Waals surface area contributed by atoms with E-state index in [1.165, 1.54) is 19.3 Å². The van der Waals surface area contributed by atoms with Crippen LogP contribution in [0.4, 0.5) is 10.6 Å². The van der Waals surface area contributed by atoms with Gasteiger partial charge in [0, 0.05) is 30.9 Å². The summed E-state index contributed by atoms with van der Waals surface area (Å²) in [4.78, 5) is 33.5. The molecule has 0 amide bonds. The zero-order chi connectivity index (χ0) is 27.9. The van der Waals surface area contributed by atoms with Gasteiger partial charge in [0.1, 0.15) is 28.7 Å². The van der Waals surface area contributed by atoms with E-state index in [0.29, 0.717) is 31.0 Å². The van der Waals surface area contributed by atoms with Gasteiger partial charge in [0.25, 0.3) is 0 Å². The number of Topliss-reactive ketones (excluding diaryl/α,β-unsaturated/α-hetero) is 1. The van der Waals surface area contributed by atoms with Gasteiger partial charge >= 0.3 is 6.16 Å². The largest absolute Gasteiger partial charge is 0.511 e. The molecule has 1 saturated carbocycles. The molecule has 2 heterocycles. The Labute approximate surface area is 234 Å². The molecule has 8 nitrogen and oxygen atoms in total. The lowest BCUT2D eigenvalue weighted by Crippen LogP contribution is -2.20. The number of aromatic nitrogens is 3. The fourth-order valence-electron chi connectivity index (χ4n) is 5.53. The van der Waals surface area contributed by atoms with Crippen molar-refractivity contribution in [2.45, 2.75) is 64.8 Å². The van der Waals surface area contributed by atoms with Gasteiger partial charge < -0.3 is 19.7 Å². The van der Waals surface area contributed by atoms with Crippen LogP contribution in [0.2, 0.25) is 0 Å². The van der Waals surface area contributed by atoms with E-state index < -0.39 is 6.16 Å². The average molecular weight is 541 g/mol. The molecule has 8 heteroatoms. The van der Waals surface area contributed by atoms with Crippen LogP contribution in [0.5, 0.6) is 5.75 Å². The summed E-state index contributed by atoms with van der Waals surface area (Å²) < 4.78 is 7.12. The van der Waals surface area contributed by atoms with E-state index in [0.717, 1.165) is 65.2 Å². The first-order chi connectivity index (χ1) is 19.5. The number of nitrogens with zero attached hydrogens (tertiary/aromatic N) is 3. The highest BCUT2D eigenvalue weighted by molar-refractivity contribution is 5.81. The van der Waals surface area contributed by atoms with Crippen LogP contribution < -0.4 is 10.1 Å². The maximum absolute atomic E-state index is 12.6. The minimum absolute atomic E-state index is 0.230. The number of ether oxygens (including phenoxy) is 1. The number of carboxylic acid groups (broad SMARTS) is 1. The third kappa shape index (κ3) is 6.50. The summed E-state index contributed by atoms with van der Waals surface area (Å²) in [5, 5.41) is 12.4. The monoisotopic (exact) mass is 540 g/mol. The maximum Gasteiger partial charge on any atom is 0.511 e. The van der Waals surface area contributed by atoms with Crippen molar-refractivity contribution < 1.29 is 19.4 Å². The van der Waals surface area contributed by atoms with Crippen LogP contribution >= 0.6 is 0 Å². The van der Waals surface area contributed by atoms with Crippen LogP contribution in [0.3, 0.4) is 0 Å². The van der Waals surface area contributed by atoms with Crippen molar-refractivity contribution in [3.63, 3.8) is 0 Å². The number of anilines is 1. The lowest BCUT2D eigenvalue weighted by molar-refractivity contribution is -0.123. The number of carbonyl (C=O) groups excluding carboxylic acids is 1. The van der Waals surface area contributed by atoms with Gasteiger partial charge in [-0.1, -0.05) is 68.7 Å². The predicted molar refractivity (Wildman–Crippen MR) is 156 cm³/mol. The third-order valence-corrected chi connectivity index (χ3v) is 7.57. The molecule has 0 bridgehead atoms. The molecule has 1 aliphatic rings. The quantitative estimate of drug-likeness (QED) is 0.154. The normalized spacial score (nSPS) is 13.8. The second-order valence-electron chi connectivity index (χ2n) is 10.4. The molecule has 40 heavy (non-hydrogen) atoms. The molecule has 5 rings (SSSR count). The number of carbonyl (C=O) groups is 2. The zero-order valence-corrected chi connectivity index (χ0v) is 22.9. The first-order valence-electron chi connectivity index (χ1n) is 14.2. The minimum Gasteiger partial charge on any atom is -0.449 e. The van der Waals surface area contributed by atoms with Crippen LogP contribution in [0, 0.1) is 5.92 Å². The Bertz CT molecular complexity index is 1470. The number of rotatable bonds is 11. The average Bonchev–Trinajstić information content (AvgIpc) is 3.30. The van der Waals surface area contributed by atoms with Gasteiger partial charge in [-0.15, -0.1) is 0 Å². The fourth-order valence-corrected chi connectivity index (χ4v) is 5.53. The number of para-hydroxylation sites is 1. The van der Waals surface area contributed by atoms with Crippen molar-refractivity contribution in [3.05, 3.63) is 72.1 Å². The van der Waals surface area contributed by atoms with E-state index in [2.05, 4.69) is 16.8 Å². The Morgan fingerprint density at radius 2 is 1.77 bits per heavy atom. The van der Waals surface area contributed by atoms with Gasteiger partial charge in [-0.3, -0.25) is 4.79 Å². The minimum atomic E-state index is -1.34. The standard InChI is InChI=1S/C32H36N4O4/c1-2-8-30-34-26-17-18-29(33-20-19-27(37)24-9-4-3-5-10-24)35-31(26)36(30)21-22-13-15-23(16-14-22)25-11-6-7-12-28(25)40-32(38)39/h6-7,11-18,24H,2-5,8-10,19-21H2,1H3,(H,33,35)(H,38,39). The van der Waals surface area contributed by atoms with E-state index in [-0.39, 0.29) is 5.92 Å². The van der Waals surface area contributed by atoms with Gasteiger partial charge in [0.05, 0.1) is 6.54 Å². The molecular formula is C32H36N4O4. The molecule has 0 atom stereocenters. The first kappa shape index (κ1) is 27.4. The van der Waals surface area contributed by atoms with E-state index in [1.807, 2.05) is 48.5 Å². The van der Waals surface area contributed by atoms with Crippen molar-refractivity contribution in [1.82, 2.24) is 14.5 Å². The Hall–Kier alpha value is -4.20. The summed E-state index contributed by atoms with van der Waals surface area (Å²) in [5.74, 6) is 2.63. The van der Waals surface area contributed by atoms with Crippen molar-refractivity contribution in [3.8, 4) is 16.9 Å². The maximum atomic E-state index is 12.6. The molecule has 0 saturated heterocycles. The Balaban J connectivity index is 1.32. The van der Waals surface area contributed by atoms with E-state index in [9.17, 15) is 9.59 Å². The van der Waals surface area contributed by atoms with Crippen LogP contribution in [-0.4, -0.2) is 38.1 Å². The summed E-state index contributed by atoms with van der Waals surface area (Å²) in [6, 6.07) is 19.0. The van der Waals surface area contributed by atoms with Crippen molar-refractivity contribution in [2.75, 3.05) is 11.9 Å². The highest BCUT2D eigenvalue weighted by Crippen LogP contribution is 2.31. The van der Waals surface area contributed by atoms with Crippen molar-refractivity contribution >= 4 is 28.9 Å². The molecule has 2 aromatic carbocycles. The highest BCUT2D eigenvalue weighted by Gasteiger charge is 2.20. The summed E-state index contributed by atoms with van der Waals surface area (Å²) in [7, 11) is 0. The molecule has 1 aliphatic carbocycles. The molecule has 2 N–H and O–H groups in total. The molecule has 0 unspecified atom stereocenters. The molecule has 0 aliphatic heterocycles. The molecule has 1 fully saturated rings. The number of imidazole rings is 1. The first-order valence-corrected chi connectivity index (χ1v) is 14.2. The van der Waals surface area contributed by atoms with Crippen LogP contribution in [0.25, 0.3) is 22.3 Å². The number of benzene rings is 2. The second-order valence-corrected chi connectivity index (χ2v) is 10.4. The van der Waals surface area contributed by atoms with Gasteiger partial charge in [0.2, 0.25) is 0 Å². The number of hydrogen-bond acceptors (Lipinski definition) is 6. The van der Waals surface area contributed by atoms with E-state index >= 15 is 0 Å². The van der Waals surface area contributed by atoms with Crippen LogP contribution in [0.15, 0.2) is 60.7 Å². The lowest BCUT2D eigenvalue weighted by atomic mass is 9.85. The van der Waals surface area contributed by atoms with E-state index in [1.54, 1.807) is 12.1 Å². The number of ketones is 1. The molecule has 0 radical (unpaired) electrons. The van der Waals surface area contributed by atoms with Gasteiger partial charge in [-0.05, 0) is 48.6 Å². The smallest absolute Gasteiger partial charge is 0.449 e. The Morgan fingerprint density at radius 1 is 1.00 bits per heavy atom. The number of hydrogen-bond donors (Lipinski definition) is 2. The predicted octanol–water partition coefficient (Wildman–Crippen LogP) is 7.11. The van der Waals surface area contributed by atoms with E-state index in [4.69, 9.17) is 19.8 Å². The summed E-state index contributed by atoms with van der Waals surface area (Å²) in [6.07, 6.45) is 6.65. The zero-order valence-electron chi connectivity index (χ0n) is 22.9. The van der Waals surface area contributed by atoms with Crippen LogP contribution in [0.1, 0.15) is 63.3 Å². The number of aryl methyl sites for hydroxylation is 1. The summed E-state index contributed by atoms with van der Waals surface area (Å²) in [5.41, 5.74) is 4.34. The topological polar surface area (TPSA) is 106 Å². The van der Waals surface area contributed by atoms with Crippen molar-refractivity contribution in [2.24, 2.45) is 5.92 Å². The molecule has 4 aromatic rings. The van der Waals surface area contributed by atoms with Gasteiger partial charge in [-0.2, -0.15) is 0 Å².